The molecule has 1 heterocycles. The second kappa shape index (κ2) is 5.81. The smallest absolute Gasteiger partial charge is 0.399 e. The van der Waals surface area contributed by atoms with Crippen LogP contribution in [-0.2, 0) is 9.31 Å². The van der Waals surface area contributed by atoms with Crippen molar-refractivity contribution in [3.63, 3.8) is 0 Å². The fourth-order valence-electron chi connectivity index (χ4n) is 3.66. The Morgan fingerprint density at radius 1 is 1.04 bits per heavy atom. The predicted molar refractivity (Wildman–Crippen MR) is 93.3 cm³/mol. The first-order valence-electron chi connectivity index (χ1n) is 8.71. The van der Waals surface area contributed by atoms with Gasteiger partial charge >= 0.3 is 7.12 Å². The molecule has 2 aliphatic rings. The van der Waals surface area contributed by atoms with E-state index in [0.717, 1.165) is 16.6 Å². The zero-order chi connectivity index (χ0) is 17.8. The van der Waals surface area contributed by atoms with E-state index < -0.39 is 18.8 Å². The monoisotopic (exact) mass is 336 g/mol. The zero-order valence-corrected chi connectivity index (χ0v) is 15.3. The first kappa shape index (κ1) is 17.9. The summed E-state index contributed by atoms with van der Waals surface area (Å²) in [6.07, 6.45) is 1.19. The minimum absolute atomic E-state index is 0.252. The Hall–Kier alpha value is -0.935. The molecule has 1 saturated carbocycles. The van der Waals surface area contributed by atoms with Crippen LogP contribution in [0.3, 0.4) is 0 Å². The maximum atomic E-state index is 13.0. The van der Waals surface area contributed by atoms with E-state index in [9.17, 15) is 8.78 Å². The summed E-state index contributed by atoms with van der Waals surface area (Å²) in [6.45, 7) is 9.07. The number of hydrogen-bond acceptors (Lipinski definition) is 2. The SMILES string of the molecule is Cc1cc(C2CC(CF)(CF)C2)ccc1B1OC(C)(C)C(C)(C)O1. The lowest BCUT2D eigenvalue weighted by Crippen LogP contribution is -2.41. The number of hydrogen-bond donors (Lipinski definition) is 0. The molecule has 1 aliphatic carbocycles. The van der Waals surface area contributed by atoms with Crippen LogP contribution in [0.15, 0.2) is 18.2 Å². The van der Waals surface area contributed by atoms with Gasteiger partial charge in [0.1, 0.15) is 0 Å². The minimum atomic E-state index is -0.733. The second-order valence-corrected chi connectivity index (χ2v) is 8.58. The summed E-state index contributed by atoms with van der Waals surface area (Å²) >= 11 is 0. The third-order valence-corrected chi connectivity index (χ3v) is 6.20. The fraction of sp³-hybridized carbons (Fsp3) is 0.684. The maximum Gasteiger partial charge on any atom is 0.495 e. The molecule has 0 aromatic heterocycles. The van der Waals surface area contributed by atoms with Crippen LogP contribution in [-0.4, -0.2) is 31.7 Å². The molecule has 24 heavy (non-hydrogen) atoms. The lowest BCUT2D eigenvalue weighted by molar-refractivity contribution is 0.00578. The van der Waals surface area contributed by atoms with Crippen molar-refractivity contribution >= 4 is 12.6 Å². The summed E-state index contributed by atoms with van der Waals surface area (Å²) in [5, 5.41) is 0. The number of rotatable bonds is 4. The molecule has 0 radical (unpaired) electrons. The average Bonchev–Trinajstić information content (AvgIpc) is 2.67. The highest BCUT2D eigenvalue weighted by Gasteiger charge is 2.52. The van der Waals surface area contributed by atoms with Crippen molar-refractivity contribution in [2.75, 3.05) is 13.3 Å². The molecule has 2 fully saturated rings. The van der Waals surface area contributed by atoms with Crippen molar-refractivity contribution in [3.8, 4) is 0 Å². The van der Waals surface area contributed by atoms with Crippen LogP contribution in [0.1, 0.15) is 57.6 Å². The third kappa shape index (κ3) is 2.80. The third-order valence-electron chi connectivity index (χ3n) is 6.20. The van der Waals surface area contributed by atoms with Gasteiger partial charge in [-0.05, 0) is 64.4 Å². The molecular weight excluding hydrogens is 309 g/mol. The van der Waals surface area contributed by atoms with Gasteiger partial charge in [0.2, 0.25) is 0 Å². The number of halogens is 2. The Balaban J connectivity index is 1.75. The second-order valence-electron chi connectivity index (χ2n) is 8.58. The molecule has 132 valence electrons. The van der Waals surface area contributed by atoms with Crippen LogP contribution in [0.5, 0.6) is 0 Å². The van der Waals surface area contributed by atoms with Gasteiger partial charge in [0.15, 0.2) is 0 Å². The molecule has 0 N–H and O–H groups in total. The normalized spacial score (nSPS) is 24.9. The number of benzene rings is 1. The molecular formula is C19H27BF2O2. The van der Waals surface area contributed by atoms with Gasteiger partial charge in [-0.15, -0.1) is 0 Å². The van der Waals surface area contributed by atoms with Crippen molar-refractivity contribution in [1.29, 1.82) is 0 Å². The summed E-state index contributed by atoms with van der Waals surface area (Å²) in [5.41, 5.74) is 1.83. The van der Waals surface area contributed by atoms with E-state index in [1.165, 1.54) is 0 Å². The van der Waals surface area contributed by atoms with Crippen LogP contribution in [0, 0.1) is 12.3 Å². The molecule has 1 aromatic carbocycles. The Morgan fingerprint density at radius 3 is 2.04 bits per heavy atom. The van der Waals surface area contributed by atoms with Gasteiger partial charge in [-0.3, -0.25) is 8.78 Å². The highest BCUT2D eigenvalue weighted by molar-refractivity contribution is 6.62. The molecule has 0 atom stereocenters. The van der Waals surface area contributed by atoms with E-state index in [0.29, 0.717) is 12.8 Å². The van der Waals surface area contributed by atoms with Gasteiger partial charge in [-0.25, -0.2) is 0 Å². The van der Waals surface area contributed by atoms with Crippen LogP contribution < -0.4 is 5.46 Å². The Labute approximate surface area is 144 Å². The molecule has 3 rings (SSSR count). The van der Waals surface area contributed by atoms with Gasteiger partial charge in [0.05, 0.1) is 24.6 Å². The minimum Gasteiger partial charge on any atom is -0.399 e. The van der Waals surface area contributed by atoms with Gasteiger partial charge < -0.3 is 9.31 Å². The van der Waals surface area contributed by atoms with E-state index in [-0.39, 0.29) is 24.2 Å². The van der Waals surface area contributed by atoms with Crippen molar-refractivity contribution in [2.45, 2.75) is 64.6 Å². The molecule has 0 spiro atoms. The van der Waals surface area contributed by atoms with Crippen LogP contribution in [0.2, 0.25) is 0 Å². The van der Waals surface area contributed by atoms with Gasteiger partial charge in [0.25, 0.3) is 0 Å². The first-order valence-corrected chi connectivity index (χ1v) is 8.71. The first-order chi connectivity index (χ1) is 11.1. The molecule has 1 saturated heterocycles. The van der Waals surface area contributed by atoms with Gasteiger partial charge in [-0.1, -0.05) is 23.8 Å². The van der Waals surface area contributed by atoms with E-state index in [4.69, 9.17) is 9.31 Å². The topological polar surface area (TPSA) is 18.5 Å². The molecule has 2 nitrogen and oxygen atoms in total. The Kier molecular flexibility index (Phi) is 4.32. The molecule has 0 bridgehead atoms. The summed E-state index contributed by atoms with van der Waals surface area (Å²) in [5.74, 6) is 0.252. The Bertz CT molecular complexity index is 602. The lowest BCUT2D eigenvalue weighted by Gasteiger charge is -2.44. The van der Waals surface area contributed by atoms with Crippen LogP contribution in [0.25, 0.3) is 0 Å². The van der Waals surface area contributed by atoms with Crippen molar-refractivity contribution < 1.29 is 18.1 Å². The highest BCUT2D eigenvalue weighted by atomic mass is 19.1. The molecule has 0 unspecified atom stereocenters. The fourth-order valence-corrected chi connectivity index (χ4v) is 3.66. The maximum absolute atomic E-state index is 13.0. The summed E-state index contributed by atoms with van der Waals surface area (Å²) in [4.78, 5) is 0. The van der Waals surface area contributed by atoms with E-state index in [2.05, 4.69) is 12.1 Å². The van der Waals surface area contributed by atoms with Crippen molar-refractivity contribution in [3.05, 3.63) is 29.3 Å². The zero-order valence-electron chi connectivity index (χ0n) is 15.3. The quantitative estimate of drug-likeness (QED) is 0.771. The molecule has 1 aromatic rings. The summed E-state index contributed by atoms with van der Waals surface area (Å²) in [6, 6.07) is 6.21. The lowest BCUT2D eigenvalue weighted by atomic mass is 9.61. The molecule has 0 amide bonds. The molecule has 5 heteroatoms. The van der Waals surface area contributed by atoms with Gasteiger partial charge in [-0.2, -0.15) is 0 Å². The predicted octanol–water partition coefficient (Wildman–Crippen LogP) is 4.10. The largest absolute Gasteiger partial charge is 0.495 e. The van der Waals surface area contributed by atoms with Crippen LogP contribution in [0.4, 0.5) is 8.78 Å². The number of aryl methyl sites for hydroxylation is 1. The van der Waals surface area contributed by atoms with E-state index >= 15 is 0 Å². The van der Waals surface area contributed by atoms with E-state index in [1.54, 1.807) is 0 Å². The number of alkyl halides is 2. The van der Waals surface area contributed by atoms with Crippen LogP contribution >= 0.6 is 0 Å². The summed E-state index contributed by atoms with van der Waals surface area (Å²) < 4.78 is 38.2. The van der Waals surface area contributed by atoms with E-state index in [1.807, 2.05) is 40.7 Å². The molecule has 1 aliphatic heterocycles. The average molecular weight is 336 g/mol. The van der Waals surface area contributed by atoms with Gasteiger partial charge in [0, 0.05) is 5.41 Å². The van der Waals surface area contributed by atoms with Crippen molar-refractivity contribution in [1.82, 2.24) is 0 Å². The Morgan fingerprint density at radius 2 is 1.58 bits per heavy atom. The summed E-state index contributed by atoms with van der Waals surface area (Å²) in [7, 11) is -0.374. The van der Waals surface area contributed by atoms with Crippen molar-refractivity contribution in [2.24, 2.45) is 5.41 Å². The highest BCUT2D eigenvalue weighted by Crippen LogP contribution is 2.51. The standard InChI is InChI=1S/C19H27BF2O2/c1-13-8-14(15-9-19(10-15,11-21)12-22)6-7-16(13)20-23-17(2,3)18(4,5)24-20/h6-8,15H,9-12H2,1-5H3.